The fourth-order valence-corrected chi connectivity index (χ4v) is 4.06. The number of anilines is 2. The van der Waals surface area contributed by atoms with Gasteiger partial charge in [-0.15, -0.1) is 0 Å². The molecule has 0 bridgehead atoms. The summed E-state index contributed by atoms with van der Waals surface area (Å²) in [5.41, 5.74) is 2.31. The Labute approximate surface area is 210 Å². The lowest BCUT2D eigenvalue weighted by molar-refractivity contribution is -0.192. The molecule has 2 N–H and O–H groups in total. The minimum atomic E-state index is -5.08. The summed E-state index contributed by atoms with van der Waals surface area (Å²) >= 11 is 0. The van der Waals surface area contributed by atoms with Crippen molar-refractivity contribution in [3.63, 3.8) is 0 Å². The van der Waals surface area contributed by atoms with Crippen LogP contribution < -0.4 is 15.0 Å². The maximum Gasteiger partial charge on any atom is 0.490 e. The number of ether oxygens (including phenoxy) is 1. The molecule has 2 aromatic heterocycles. The summed E-state index contributed by atoms with van der Waals surface area (Å²) in [6.45, 7) is 1.54. The van der Waals surface area contributed by atoms with Gasteiger partial charge in [0.25, 0.3) is 0 Å². The molecule has 37 heavy (non-hydrogen) atoms. The molecule has 2 fully saturated rings. The number of ketones is 1. The third-order valence-electron chi connectivity index (χ3n) is 6.15. The highest BCUT2D eigenvalue weighted by Gasteiger charge is 2.38. The van der Waals surface area contributed by atoms with Gasteiger partial charge in [-0.1, -0.05) is 12.1 Å². The minimum Gasteiger partial charge on any atom is -0.496 e. The van der Waals surface area contributed by atoms with Crippen LogP contribution in [-0.2, 0) is 4.79 Å². The lowest BCUT2D eigenvalue weighted by Gasteiger charge is -2.33. The fraction of sp³-hybridized carbons (Fsp3) is 0.400. The maximum absolute atomic E-state index is 13.1. The molecule has 1 saturated heterocycles. The number of carboxylic acids is 1. The van der Waals surface area contributed by atoms with Crippen molar-refractivity contribution in [3.8, 4) is 5.75 Å². The molecule has 9 nitrogen and oxygen atoms in total. The van der Waals surface area contributed by atoms with Crippen molar-refractivity contribution in [2.45, 2.75) is 37.9 Å². The van der Waals surface area contributed by atoms with Gasteiger partial charge in [0.2, 0.25) is 0 Å². The van der Waals surface area contributed by atoms with Gasteiger partial charge in [-0.3, -0.25) is 9.78 Å². The normalized spacial score (nSPS) is 16.1. The standard InChI is InChI=1S/C23H25N5O2.C2HF3O2/c1-30-20-5-3-2-4-17(20)21(29)15-9-12-28(13-10-15)23-22(25-16-6-7-16)26-18-8-11-24-14-19(18)27-23;3-2(4,5)1(6)7/h2-5,8,11,14-16H,6-7,9-10,12-13H2,1H3,(H,25,26);(H,6,7). The molecule has 5 rings (SSSR count). The molecule has 3 heterocycles. The van der Waals surface area contributed by atoms with Crippen LogP contribution in [0.4, 0.5) is 24.8 Å². The number of carbonyl (C=O) groups excluding carboxylic acids is 1. The lowest BCUT2D eigenvalue weighted by atomic mass is 9.88. The highest BCUT2D eigenvalue weighted by atomic mass is 19.4. The zero-order chi connectivity index (χ0) is 26.6. The van der Waals surface area contributed by atoms with Crippen molar-refractivity contribution in [2.24, 2.45) is 5.92 Å². The molecule has 1 aromatic carbocycles. The third kappa shape index (κ3) is 6.43. The number of methoxy groups -OCH3 is 1. The van der Waals surface area contributed by atoms with Gasteiger partial charge in [0.15, 0.2) is 17.4 Å². The van der Waals surface area contributed by atoms with Gasteiger partial charge in [0.1, 0.15) is 11.3 Å². The van der Waals surface area contributed by atoms with E-state index >= 15 is 0 Å². The Morgan fingerprint density at radius 3 is 2.35 bits per heavy atom. The Kier molecular flexibility index (Phi) is 7.74. The average Bonchev–Trinajstić information content (AvgIpc) is 3.72. The number of pyridine rings is 1. The van der Waals surface area contributed by atoms with E-state index in [1.165, 1.54) is 12.8 Å². The van der Waals surface area contributed by atoms with Gasteiger partial charge in [0, 0.05) is 31.2 Å². The predicted octanol–water partition coefficient (Wildman–Crippen LogP) is 4.34. The van der Waals surface area contributed by atoms with Crippen molar-refractivity contribution in [3.05, 3.63) is 48.3 Å². The monoisotopic (exact) mass is 517 g/mol. The Morgan fingerprint density at radius 1 is 1.05 bits per heavy atom. The van der Waals surface area contributed by atoms with Crippen molar-refractivity contribution in [1.29, 1.82) is 0 Å². The highest BCUT2D eigenvalue weighted by molar-refractivity contribution is 6.00. The zero-order valence-corrected chi connectivity index (χ0v) is 20.0. The molecule has 1 aliphatic carbocycles. The summed E-state index contributed by atoms with van der Waals surface area (Å²) in [4.78, 5) is 38.1. The molecule has 0 spiro atoms. The zero-order valence-electron chi connectivity index (χ0n) is 20.0. The van der Waals surface area contributed by atoms with E-state index in [0.717, 1.165) is 48.6 Å². The maximum atomic E-state index is 13.1. The number of nitrogens with one attached hydrogen (secondary N) is 1. The van der Waals surface area contributed by atoms with Crippen molar-refractivity contribution >= 4 is 34.4 Å². The average molecular weight is 518 g/mol. The number of hydrogen-bond acceptors (Lipinski definition) is 8. The number of halogens is 3. The second kappa shape index (κ2) is 11.0. The van der Waals surface area contributed by atoms with E-state index in [1.807, 2.05) is 30.3 Å². The largest absolute Gasteiger partial charge is 0.496 e. The molecular weight excluding hydrogens is 491 g/mol. The lowest BCUT2D eigenvalue weighted by Crippen LogP contribution is -2.37. The van der Waals surface area contributed by atoms with E-state index in [9.17, 15) is 18.0 Å². The van der Waals surface area contributed by atoms with Gasteiger partial charge < -0.3 is 20.1 Å². The molecule has 3 aromatic rings. The van der Waals surface area contributed by atoms with E-state index in [-0.39, 0.29) is 11.7 Å². The summed E-state index contributed by atoms with van der Waals surface area (Å²) in [6, 6.07) is 9.85. The predicted molar refractivity (Wildman–Crippen MR) is 130 cm³/mol. The van der Waals surface area contributed by atoms with Crippen LogP contribution >= 0.6 is 0 Å². The number of carbonyl (C=O) groups is 2. The molecule has 1 aliphatic heterocycles. The van der Waals surface area contributed by atoms with Crippen LogP contribution in [0, 0.1) is 5.92 Å². The molecule has 0 radical (unpaired) electrons. The summed E-state index contributed by atoms with van der Waals surface area (Å²) in [5, 5.41) is 10.7. The first-order chi connectivity index (χ1) is 17.7. The molecule has 1 saturated carbocycles. The van der Waals surface area contributed by atoms with Crippen LogP contribution in [0.3, 0.4) is 0 Å². The topological polar surface area (TPSA) is 118 Å². The van der Waals surface area contributed by atoms with Crippen LogP contribution in [0.2, 0.25) is 0 Å². The molecule has 2 aliphatic rings. The molecule has 0 atom stereocenters. The smallest absolute Gasteiger partial charge is 0.490 e. The van der Waals surface area contributed by atoms with Gasteiger partial charge in [-0.05, 0) is 43.9 Å². The van der Waals surface area contributed by atoms with E-state index in [1.54, 1.807) is 19.5 Å². The first-order valence-electron chi connectivity index (χ1n) is 11.8. The second-order valence-corrected chi connectivity index (χ2v) is 8.81. The number of hydrogen-bond donors (Lipinski definition) is 2. The number of para-hydroxylation sites is 1. The molecule has 196 valence electrons. The Bertz CT molecular complexity index is 1270. The van der Waals surface area contributed by atoms with Crippen LogP contribution in [0.5, 0.6) is 5.75 Å². The van der Waals surface area contributed by atoms with Crippen molar-refractivity contribution < 1.29 is 32.6 Å². The number of piperidine rings is 1. The number of Topliss-reactive ketones (excluding diaryl/α,β-unsaturated/α-hetero) is 1. The van der Waals surface area contributed by atoms with Crippen LogP contribution in [0.15, 0.2) is 42.7 Å². The quantitative estimate of drug-likeness (QED) is 0.461. The number of rotatable bonds is 6. The number of alkyl halides is 3. The summed E-state index contributed by atoms with van der Waals surface area (Å²) in [5.74, 6) is -0.248. The number of aliphatic carboxylic acids is 1. The summed E-state index contributed by atoms with van der Waals surface area (Å²) in [6.07, 6.45) is 2.33. The van der Waals surface area contributed by atoms with Gasteiger partial charge in [-0.25, -0.2) is 14.8 Å². The van der Waals surface area contributed by atoms with Crippen molar-refractivity contribution in [2.75, 3.05) is 30.4 Å². The van der Waals surface area contributed by atoms with Gasteiger partial charge in [-0.2, -0.15) is 13.2 Å². The van der Waals surface area contributed by atoms with Crippen molar-refractivity contribution in [1.82, 2.24) is 15.0 Å². The van der Waals surface area contributed by atoms with E-state index in [2.05, 4.69) is 15.2 Å². The number of benzene rings is 1. The molecule has 0 amide bonds. The summed E-state index contributed by atoms with van der Waals surface area (Å²) < 4.78 is 37.1. The van der Waals surface area contributed by atoms with Crippen LogP contribution in [-0.4, -0.2) is 64.2 Å². The Morgan fingerprint density at radius 2 is 1.73 bits per heavy atom. The van der Waals surface area contributed by atoms with Crippen LogP contribution in [0.25, 0.3) is 11.0 Å². The Hall–Kier alpha value is -3.96. The Balaban J connectivity index is 0.000000405. The van der Waals surface area contributed by atoms with Gasteiger partial charge in [0.05, 0.1) is 24.4 Å². The SMILES string of the molecule is COc1ccccc1C(=O)C1CCN(c2nc3cnccc3nc2NC2CC2)CC1.O=C(O)C(F)(F)F. The molecule has 12 heteroatoms. The number of fused-ring (bicyclic) bond motifs is 1. The first kappa shape index (κ1) is 26.1. The molecule has 0 unspecified atom stereocenters. The van der Waals surface area contributed by atoms with Gasteiger partial charge >= 0.3 is 12.1 Å². The third-order valence-corrected chi connectivity index (χ3v) is 6.15. The van der Waals surface area contributed by atoms with E-state index in [4.69, 9.17) is 24.6 Å². The minimum absolute atomic E-state index is 0.00697. The summed E-state index contributed by atoms with van der Waals surface area (Å²) in [7, 11) is 1.61. The number of carboxylic acid groups (broad SMARTS) is 1. The van der Waals surface area contributed by atoms with E-state index < -0.39 is 12.1 Å². The van der Waals surface area contributed by atoms with Crippen LogP contribution in [0.1, 0.15) is 36.0 Å². The number of nitrogens with zero attached hydrogens (tertiary/aromatic N) is 4. The molecular formula is C25H26F3N5O4. The fourth-order valence-electron chi connectivity index (χ4n) is 4.06. The van der Waals surface area contributed by atoms with E-state index in [0.29, 0.717) is 17.4 Å². The number of aromatic nitrogens is 3. The second-order valence-electron chi connectivity index (χ2n) is 8.81. The first-order valence-corrected chi connectivity index (χ1v) is 11.8. The highest BCUT2D eigenvalue weighted by Crippen LogP contribution is 2.34.